The van der Waals surface area contributed by atoms with Gasteiger partial charge in [0.05, 0.1) is 32.9 Å². The van der Waals surface area contributed by atoms with Crippen LogP contribution in [0.4, 0.5) is 4.39 Å². The molecule has 0 saturated heterocycles. The maximum atomic E-state index is 13.3. The fraction of sp³-hybridized carbons (Fsp3) is 0.333. The molecule has 1 aliphatic rings. The molecule has 31 heavy (non-hydrogen) atoms. The molecule has 0 saturated carbocycles. The molecule has 164 valence electrons. The molecule has 7 heteroatoms. The molecule has 3 rings (SSSR count). The van der Waals surface area contributed by atoms with Crippen molar-refractivity contribution in [2.45, 2.75) is 32.7 Å². The number of esters is 1. The van der Waals surface area contributed by atoms with Gasteiger partial charge in [0.2, 0.25) is 5.91 Å². The number of rotatable bonds is 7. The Morgan fingerprint density at radius 1 is 1.13 bits per heavy atom. The first-order chi connectivity index (χ1) is 14.9. The number of carbonyl (C=O) groups excluding carboxylic acids is 2. The van der Waals surface area contributed by atoms with E-state index in [9.17, 15) is 14.0 Å². The summed E-state index contributed by atoms with van der Waals surface area (Å²) in [7, 11) is 3.05. The number of carbonyl (C=O) groups is 2. The minimum atomic E-state index is -0.541. The molecule has 1 aliphatic heterocycles. The van der Waals surface area contributed by atoms with Crippen LogP contribution in [0.5, 0.6) is 11.5 Å². The molecule has 2 aromatic carbocycles. The standard InChI is InChI=1S/C24H26FNO5/c1-5-31-24(28)22-15(2)26(14-16-9-11-17(25)12-10-16)21(27)13-19(22)18-7-6-8-20(29-3)23(18)30-4/h6-12,19H,5,13-14H2,1-4H3/t19-/m1/s1. The molecule has 1 atom stereocenters. The second-order valence-corrected chi connectivity index (χ2v) is 7.17. The van der Waals surface area contributed by atoms with E-state index in [4.69, 9.17) is 14.2 Å². The van der Waals surface area contributed by atoms with Gasteiger partial charge in [0.1, 0.15) is 5.82 Å². The maximum Gasteiger partial charge on any atom is 0.336 e. The van der Waals surface area contributed by atoms with Crippen molar-refractivity contribution in [3.8, 4) is 11.5 Å². The molecule has 6 nitrogen and oxygen atoms in total. The Kier molecular flexibility index (Phi) is 6.95. The van der Waals surface area contributed by atoms with Crippen LogP contribution < -0.4 is 9.47 Å². The highest BCUT2D eigenvalue weighted by atomic mass is 19.1. The third-order valence-electron chi connectivity index (χ3n) is 5.38. The predicted octanol–water partition coefficient (Wildman–Crippen LogP) is 4.20. The van der Waals surface area contributed by atoms with E-state index in [0.717, 1.165) is 5.56 Å². The predicted molar refractivity (Wildman–Crippen MR) is 113 cm³/mol. The molecule has 2 aromatic rings. The van der Waals surface area contributed by atoms with Crippen LogP contribution >= 0.6 is 0 Å². The first-order valence-corrected chi connectivity index (χ1v) is 10.0. The van der Waals surface area contributed by atoms with Crippen molar-refractivity contribution in [3.05, 3.63) is 70.7 Å². The average molecular weight is 427 g/mol. The van der Waals surface area contributed by atoms with Gasteiger partial charge >= 0.3 is 5.97 Å². The third-order valence-corrected chi connectivity index (χ3v) is 5.38. The largest absolute Gasteiger partial charge is 0.493 e. The minimum Gasteiger partial charge on any atom is -0.493 e. The van der Waals surface area contributed by atoms with Gasteiger partial charge in [-0.2, -0.15) is 0 Å². The summed E-state index contributed by atoms with van der Waals surface area (Å²) in [6.45, 7) is 3.91. The number of halogens is 1. The van der Waals surface area contributed by atoms with Gasteiger partial charge in [0.25, 0.3) is 0 Å². The van der Waals surface area contributed by atoms with Crippen molar-refractivity contribution in [1.82, 2.24) is 4.90 Å². The summed E-state index contributed by atoms with van der Waals surface area (Å²) in [5.74, 6) is -0.526. The van der Waals surface area contributed by atoms with Crippen LogP contribution in [0.1, 0.15) is 37.3 Å². The lowest BCUT2D eigenvalue weighted by molar-refractivity contribution is -0.140. The second-order valence-electron chi connectivity index (χ2n) is 7.17. The molecule has 0 bridgehead atoms. The number of hydrogen-bond acceptors (Lipinski definition) is 5. The zero-order chi connectivity index (χ0) is 22.5. The summed E-state index contributed by atoms with van der Waals surface area (Å²) in [6.07, 6.45) is 0.0657. The molecule has 1 heterocycles. The molecule has 0 radical (unpaired) electrons. The molecule has 0 fully saturated rings. The van der Waals surface area contributed by atoms with E-state index < -0.39 is 11.9 Å². The summed E-state index contributed by atoms with van der Waals surface area (Å²) in [6, 6.07) is 11.3. The van der Waals surface area contributed by atoms with Gasteiger partial charge in [-0.3, -0.25) is 4.79 Å². The van der Waals surface area contributed by atoms with Crippen molar-refractivity contribution in [2.75, 3.05) is 20.8 Å². The van der Waals surface area contributed by atoms with E-state index in [1.54, 1.807) is 43.0 Å². The first-order valence-electron chi connectivity index (χ1n) is 10.0. The van der Waals surface area contributed by atoms with Gasteiger partial charge in [-0.25, -0.2) is 9.18 Å². The Hall–Kier alpha value is -3.35. The lowest BCUT2D eigenvalue weighted by Crippen LogP contribution is -2.38. The highest BCUT2D eigenvalue weighted by Gasteiger charge is 2.38. The zero-order valence-corrected chi connectivity index (χ0v) is 18.1. The van der Waals surface area contributed by atoms with Gasteiger partial charge in [-0.1, -0.05) is 24.3 Å². The van der Waals surface area contributed by atoms with Crippen LogP contribution in [-0.4, -0.2) is 37.6 Å². The number of amides is 1. The quantitative estimate of drug-likeness (QED) is 0.620. The van der Waals surface area contributed by atoms with Crippen molar-refractivity contribution < 1.29 is 28.2 Å². The molecular formula is C24H26FNO5. The molecule has 0 N–H and O–H groups in total. The smallest absolute Gasteiger partial charge is 0.336 e. The van der Waals surface area contributed by atoms with Gasteiger partial charge in [-0.15, -0.1) is 0 Å². The molecular weight excluding hydrogens is 401 g/mol. The van der Waals surface area contributed by atoms with Crippen molar-refractivity contribution in [2.24, 2.45) is 0 Å². The topological polar surface area (TPSA) is 65.1 Å². The molecule has 0 aliphatic carbocycles. The van der Waals surface area contributed by atoms with Crippen LogP contribution in [0.25, 0.3) is 0 Å². The lowest BCUT2D eigenvalue weighted by Gasteiger charge is -2.35. The van der Waals surface area contributed by atoms with Crippen molar-refractivity contribution in [1.29, 1.82) is 0 Å². The number of methoxy groups -OCH3 is 2. The summed E-state index contributed by atoms with van der Waals surface area (Å²) in [5, 5.41) is 0. The Morgan fingerprint density at radius 3 is 2.45 bits per heavy atom. The number of hydrogen-bond donors (Lipinski definition) is 0. The van der Waals surface area contributed by atoms with Gasteiger partial charge in [0, 0.05) is 23.6 Å². The number of ether oxygens (including phenoxy) is 3. The zero-order valence-electron chi connectivity index (χ0n) is 18.1. The third kappa shape index (κ3) is 4.55. The number of allylic oxidation sites excluding steroid dienone is 1. The van der Waals surface area contributed by atoms with E-state index >= 15 is 0 Å². The highest BCUT2D eigenvalue weighted by molar-refractivity contribution is 5.96. The summed E-state index contributed by atoms with van der Waals surface area (Å²) in [4.78, 5) is 27.6. The fourth-order valence-corrected chi connectivity index (χ4v) is 3.90. The Bertz CT molecular complexity index is 1000. The van der Waals surface area contributed by atoms with Gasteiger partial charge < -0.3 is 19.1 Å². The Balaban J connectivity index is 2.09. The van der Waals surface area contributed by atoms with E-state index in [0.29, 0.717) is 28.3 Å². The van der Waals surface area contributed by atoms with Crippen molar-refractivity contribution in [3.63, 3.8) is 0 Å². The van der Waals surface area contributed by atoms with Gasteiger partial charge in [-0.05, 0) is 37.6 Å². The van der Waals surface area contributed by atoms with E-state index in [2.05, 4.69) is 0 Å². The SMILES string of the molecule is CCOC(=O)C1=C(C)N(Cc2ccc(F)cc2)C(=O)C[C@@H]1c1cccc(OC)c1OC. The normalized spacial score (nSPS) is 16.4. The van der Waals surface area contributed by atoms with E-state index in [-0.39, 0.29) is 31.3 Å². The van der Waals surface area contributed by atoms with Crippen LogP contribution in [0, 0.1) is 5.82 Å². The summed E-state index contributed by atoms with van der Waals surface area (Å²) >= 11 is 0. The summed E-state index contributed by atoms with van der Waals surface area (Å²) < 4.78 is 29.5. The Morgan fingerprint density at radius 2 is 1.84 bits per heavy atom. The minimum absolute atomic E-state index is 0.0657. The Labute approximate surface area is 181 Å². The lowest BCUT2D eigenvalue weighted by atomic mass is 9.83. The van der Waals surface area contributed by atoms with Crippen molar-refractivity contribution >= 4 is 11.9 Å². The summed E-state index contributed by atoms with van der Waals surface area (Å²) in [5.41, 5.74) is 2.35. The van der Waals surface area contributed by atoms with Crippen LogP contribution in [0.15, 0.2) is 53.7 Å². The number of nitrogens with zero attached hydrogens (tertiary/aromatic N) is 1. The molecule has 0 spiro atoms. The monoisotopic (exact) mass is 427 g/mol. The van der Waals surface area contributed by atoms with E-state index in [1.807, 2.05) is 6.07 Å². The average Bonchev–Trinajstić information content (AvgIpc) is 2.76. The first kappa shape index (κ1) is 22.3. The number of benzene rings is 2. The second kappa shape index (κ2) is 9.64. The van der Waals surface area contributed by atoms with Gasteiger partial charge in [0.15, 0.2) is 11.5 Å². The van der Waals surface area contributed by atoms with Crippen LogP contribution in [0.2, 0.25) is 0 Å². The fourth-order valence-electron chi connectivity index (χ4n) is 3.90. The highest BCUT2D eigenvalue weighted by Crippen LogP contribution is 2.44. The molecule has 0 unspecified atom stereocenters. The number of para-hydroxylation sites is 1. The van der Waals surface area contributed by atoms with E-state index in [1.165, 1.54) is 26.4 Å². The van der Waals surface area contributed by atoms with Crippen LogP contribution in [-0.2, 0) is 20.9 Å². The van der Waals surface area contributed by atoms with Crippen LogP contribution in [0.3, 0.4) is 0 Å². The molecule has 1 amide bonds. The molecule has 0 aromatic heterocycles. The maximum absolute atomic E-state index is 13.3.